The van der Waals surface area contributed by atoms with Gasteiger partial charge in [-0.25, -0.2) is 4.98 Å². The van der Waals surface area contributed by atoms with Crippen LogP contribution in [0, 0.1) is 0 Å². The average molecular weight is 346 g/mol. The van der Waals surface area contributed by atoms with Crippen molar-refractivity contribution in [2.75, 3.05) is 12.4 Å². The van der Waals surface area contributed by atoms with Gasteiger partial charge in [0.2, 0.25) is 5.58 Å². The lowest BCUT2D eigenvalue weighted by Gasteiger charge is -2.06. The van der Waals surface area contributed by atoms with Crippen molar-refractivity contribution < 1.29 is 18.9 Å². The molecule has 2 aromatic heterocycles. The maximum absolute atomic E-state index is 12.3. The van der Waals surface area contributed by atoms with Gasteiger partial charge >= 0.3 is 11.5 Å². The molecular formula is C20H16N3O3+. The van der Waals surface area contributed by atoms with E-state index in [1.165, 1.54) is 0 Å². The number of carbonyl (C=O) groups is 1. The summed E-state index contributed by atoms with van der Waals surface area (Å²) in [5, 5.41) is 2.86. The van der Waals surface area contributed by atoms with Crippen molar-refractivity contribution in [1.29, 1.82) is 0 Å². The van der Waals surface area contributed by atoms with Gasteiger partial charge in [0.05, 0.1) is 18.9 Å². The largest absolute Gasteiger partial charge is 0.497 e. The zero-order chi connectivity index (χ0) is 17.9. The maximum Gasteiger partial charge on any atom is 0.368 e. The number of ether oxygens (including phenoxy) is 1. The zero-order valence-electron chi connectivity index (χ0n) is 14.0. The third kappa shape index (κ3) is 3.12. The highest BCUT2D eigenvalue weighted by atomic mass is 16.5. The SMILES string of the molecule is COc1ccc(C(=O)Nc2ccc(-c3nc4[nH+]cccc4o3)cc2)cc1. The highest BCUT2D eigenvalue weighted by Gasteiger charge is 2.16. The van der Waals surface area contributed by atoms with E-state index < -0.39 is 0 Å². The van der Waals surface area contributed by atoms with Gasteiger partial charge in [0.25, 0.3) is 5.91 Å². The van der Waals surface area contributed by atoms with Gasteiger partial charge in [0.1, 0.15) is 5.75 Å². The monoisotopic (exact) mass is 346 g/mol. The first-order valence-corrected chi connectivity index (χ1v) is 8.06. The number of pyridine rings is 1. The smallest absolute Gasteiger partial charge is 0.368 e. The van der Waals surface area contributed by atoms with Crippen LogP contribution in [0.5, 0.6) is 5.75 Å². The van der Waals surface area contributed by atoms with Gasteiger partial charge in [-0.2, -0.15) is 0 Å². The van der Waals surface area contributed by atoms with Crippen molar-refractivity contribution in [3.05, 3.63) is 72.4 Å². The summed E-state index contributed by atoms with van der Waals surface area (Å²) in [6.45, 7) is 0. The number of hydrogen-bond acceptors (Lipinski definition) is 4. The Labute approximate surface area is 149 Å². The topological polar surface area (TPSA) is 78.5 Å². The van der Waals surface area contributed by atoms with Gasteiger partial charge < -0.3 is 14.5 Å². The molecule has 0 aliphatic carbocycles. The fourth-order valence-corrected chi connectivity index (χ4v) is 2.58. The van der Waals surface area contributed by atoms with Crippen LogP contribution in [0.2, 0.25) is 0 Å². The Morgan fingerprint density at radius 1 is 1.08 bits per heavy atom. The first kappa shape index (κ1) is 15.8. The summed E-state index contributed by atoms with van der Waals surface area (Å²) >= 11 is 0. The Balaban J connectivity index is 1.50. The molecule has 0 aliphatic heterocycles. The Kier molecular flexibility index (Phi) is 4.07. The predicted molar refractivity (Wildman–Crippen MR) is 96.9 cm³/mol. The molecule has 2 heterocycles. The third-order valence-corrected chi connectivity index (χ3v) is 3.96. The summed E-state index contributed by atoms with van der Waals surface area (Å²) in [5.74, 6) is 1.05. The lowest BCUT2D eigenvalue weighted by atomic mass is 10.1. The number of methoxy groups -OCH3 is 1. The molecule has 0 atom stereocenters. The Morgan fingerprint density at radius 2 is 1.85 bits per heavy atom. The number of amides is 1. The van der Waals surface area contributed by atoms with E-state index in [9.17, 15) is 4.79 Å². The van der Waals surface area contributed by atoms with Crippen LogP contribution in [0.25, 0.3) is 22.7 Å². The Bertz CT molecular complexity index is 1020. The minimum Gasteiger partial charge on any atom is -0.497 e. The van der Waals surface area contributed by atoms with Crippen LogP contribution in [0.4, 0.5) is 5.69 Å². The van der Waals surface area contributed by atoms with E-state index in [1.54, 1.807) is 37.6 Å². The highest BCUT2D eigenvalue weighted by Crippen LogP contribution is 2.23. The molecule has 6 heteroatoms. The summed E-state index contributed by atoms with van der Waals surface area (Å²) in [7, 11) is 1.59. The summed E-state index contributed by atoms with van der Waals surface area (Å²) < 4.78 is 10.8. The molecule has 0 unspecified atom stereocenters. The fraction of sp³-hybridized carbons (Fsp3) is 0.0500. The van der Waals surface area contributed by atoms with Crippen LogP contribution >= 0.6 is 0 Å². The number of H-pyrrole nitrogens is 1. The van der Waals surface area contributed by atoms with E-state index >= 15 is 0 Å². The maximum atomic E-state index is 12.3. The number of hydrogen-bond donors (Lipinski definition) is 1. The molecule has 0 saturated carbocycles. The number of carbonyl (C=O) groups excluding carboxylic acids is 1. The zero-order valence-corrected chi connectivity index (χ0v) is 14.0. The van der Waals surface area contributed by atoms with Crippen LogP contribution in [0.3, 0.4) is 0 Å². The van der Waals surface area contributed by atoms with Gasteiger partial charge in [-0.1, -0.05) is 0 Å². The van der Waals surface area contributed by atoms with Gasteiger partial charge in [-0.15, -0.1) is 0 Å². The highest BCUT2D eigenvalue weighted by molar-refractivity contribution is 6.04. The third-order valence-electron chi connectivity index (χ3n) is 3.96. The average Bonchev–Trinajstić information content (AvgIpc) is 3.13. The Morgan fingerprint density at radius 3 is 2.54 bits per heavy atom. The first-order valence-electron chi connectivity index (χ1n) is 8.06. The molecule has 0 radical (unpaired) electrons. The minimum absolute atomic E-state index is 0.183. The lowest BCUT2D eigenvalue weighted by Crippen LogP contribution is -2.11. The molecule has 0 bridgehead atoms. The summed E-state index contributed by atoms with van der Waals surface area (Å²) in [6, 6.07) is 18.0. The van der Waals surface area contributed by atoms with Crippen LogP contribution in [0.1, 0.15) is 10.4 Å². The molecule has 1 amide bonds. The second kappa shape index (κ2) is 6.68. The van der Waals surface area contributed by atoms with Crippen LogP contribution in [-0.4, -0.2) is 18.0 Å². The molecule has 4 aromatic rings. The molecule has 128 valence electrons. The normalized spacial score (nSPS) is 10.7. The van der Waals surface area contributed by atoms with E-state index in [0.717, 1.165) is 5.56 Å². The van der Waals surface area contributed by atoms with E-state index in [1.807, 2.05) is 36.4 Å². The first-order chi connectivity index (χ1) is 12.7. The number of nitrogens with one attached hydrogen (secondary N) is 2. The molecular weight excluding hydrogens is 330 g/mol. The number of anilines is 1. The van der Waals surface area contributed by atoms with Crippen molar-refractivity contribution in [1.82, 2.24) is 4.98 Å². The van der Waals surface area contributed by atoms with Crippen LogP contribution in [0.15, 0.2) is 71.3 Å². The molecule has 4 rings (SSSR count). The van der Waals surface area contributed by atoms with E-state index in [-0.39, 0.29) is 5.91 Å². The molecule has 2 aromatic carbocycles. The lowest BCUT2D eigenvalue weighted by molar-refractivity contribution is -0.347. The van der Waals surface area contributed by atoms with Gasteiger partial charge in [-0.05, 0) is 60.7 Å². The number of fused-ring (bicyclic) bond motifs is 1. The quantitative estimate of drug-likeness (QED) is 0.613. The molecule has 0 saturated heterocycles. The molecule has 0 spiro atoms. The number of aromatic nitrogens is 2. The van der Waals surface area contributed by atoms with Crippen molar-refractivity contribution in [3.63, 3.8) is 0 Å². The second-order valence-corrected chi connectivity index (χ2v) is 5.66. The van der Waals surface area contributed by atoms with Crippen molar-refractivity contribution in [2.24, 2.45) is 0 Å². The number of nitrogens with zero attached hydrogens (tertiary/aromatic N) is 1. The minimum atomic E-state index is -0.183. The van der Waals surface area contributed by atoms with Crippen molar-refractivity contribution >= 4 is 22.8 Å². The van der Waals surface area contributed by atoms with Gasteiger partial charge in [0, 0.05) is 16.2 Å². The molecule has 2 N–H and O–H groups in total. The van der Waals surface area contributed by atoms with E-state index in [2.05, 4.69) is 15.3 Å². The fourth-order valence-electron chi connectivity index (χ4n) is 2.58. The van der Waals surface area contributed by atoms with Crippen molar-refractivity contribution in [3.8, 4) is 17.2 Å². The number of aromatic amines is 1. The summed E-state index contributed by atoms with van der Waals surface area (Å²) in [6.07, 6.45) is 1.80. The van der Waals surface area contributed by atoms with Gasteiger partial charge in [-0.3, -0.25) is 4.79 Å². The van der Waals surface area contributed by atoms with Crippen LogP contribution < -0.4 is 15.0 Å². The molecule has 0 fully saturated rings. The standard InChI is InChI=1S/C20H15N3O3/c1-25-16-10-6-13(7-11-16)19(24)22-15-8-4-14(5-9-15)20-23-18-17(26-20)3-2-12-21-18/h2-12H,1H3,(H,22,24)/p+1. The van der Waals surface area contributed by atoms with Crippen LogP contribution in [-0.2, 0) is 0 Å². The number of benzene rings is 2. The second-order valence-electron chi connectivity index (χ2n) is 5.66. The van der Waals surface area contributed by atoms with Gasteiger partial charge in [0.15, 0.2) is 0 Å². The van der Waals surface area contributed by atoms with E-state index in [0.29, 0.717) is 34.1 Å². The number of oxazole rings is 1. The summed E-state index contributed by atoms with van der Waals surface area (Å²) in [4.78, 5) is 19.7. The molecule has 26 heavy (non-hydrogen) atoms. The predicted octanol–water partition coefficient (Wildman–Crippen LogP) is 3.57. The molecule has 6 nitrogen and oxygen atoms in total. The Hall–Kier alpha value is -3.67. The van der Waals surface area contributed by atoms with E-state index in [4.69, 9.17) is 9.15 Å². The molecule has 0 aliphatic rings. The summed E-state index contributed by atoms with van der Waals surface area (Å²) in [5.41, 5.74) is 3.47. The number of rotatable bonds is 4. The van der Waals surface area contributed by atoms with Crippen molar-refractivity contribution in [2.45, 2.75) is 0 Å².